The molecule has 0 aromatic heterocycles. The molecule has 0 bridgehead atoms. The fourth-order valence-electron chi connectivity index (χ4n) is 1.94. The fraction of sp³-hybridized carbons (Fsp3) is 0.455. The van der Waals surface area contributed by atoms with E-state index in [2.05, 4.69) is 17.6 Å². The number of fused-ring (bicyclic) bond motifs is 1. The van der Waals surface area contributed by atoms with Gasteiger partial charge >= 0.3 is 0 Å². The topological polar surface area (TPSA) is 47.3 Å². The number of anilines is 1. The lowest BCUT2D eigenvalue weighted by Crippen LogP contribution is -2.19. The number of benzene rings is 1. The molecular weight excluding hydrogens is 176 g/mol. The molecule has 1 aliphatic carbocycles. The Bertz CT molecular complexity index is 325. The first-order valence-electron chi connectivity index (χ1n) is 5.07. The van der Waals surface area contributed by atoms with Gasteiger partial charge in [-0.25, -0.2) is 0 Å². The minimum Gasteiger partial charge on any atom is -0.399 e. The third kappa shape index (κ3) is 1.74. The predicted octanol–water partition coefficient (Wildman–Crippen LogP) is 1.80. The van der Waals surface area contributed by atoms with Crippen molar-refractivity contribution in [1.82, 2.24) is 5.48 Å². The number of nitrogen functional groups attached to an aromatic ring is 1. The molecule has 1 aromatic carbocycles. The van der Waals surface area contributed by atoms with Crippen molar-refractivity contribution in [2.24, 2.45) is 0 Å². The Morgan fingerprint density at radius 2 is 2.43 bits per heavy atom. The van der Waals surface area contributed by atoms with Crippen LogP contribution in [0, 0.1) is 0 Å². The monoisotopic (exact) mass is 192 g/mol. The fourth-order valence-corrected chi connectivity index (χ4v) is 1.94. The molecule has 1 aliphatic rings. The molecule has 1 unspecified atom stereocenters. The largest absolute Gasteiger partial charge is 0.399 e. The third-order valence-corrected chi connectivity index (χ3v) is 2.61. The van der Waals surface area contributed by atoms with E-state index in [1.807, 2.05) is 13.0 Å². The van der Waals surface area contributed by atoms with E-state index in [-0.39, 0.29) is 0 Å². The first kappa shape index (κ1) is 9.49. The first-order chi connectivity index (χ1) is 6.81. The van der Waals surface area contributed by atoms with Gasteiger partial charge in [0.1, 0.15) is 0 Å². The summed E-state index contributed by atoms with van der Waals surface area (Å²) >= 11 is 0. The highest BCUT2D eigenvalue weighted by molar-refractivity contribution is 5.47. The summed E-state index contributed by atoms with van der Waals surface area (Å²) in [6.07, 6.45) is 2.18. The van der Waals surface area contributed by atoms with Crippen LogP contribution in [-0.4, -0.2) is 6.61 Å². The molecule has 0 radical (unpaired) electrons. The van der Waals surface area contributed by atoms with Crippen LogP contribution in [0.5, 0.6) is 0 Å². The van der Waals surface area contributed by atoms with Crippen LogP contribution in [0.4, 0.5) is 5.69 Å². The van der Waals surface area contributed by atoms with Gasteiger partial charge in [0.2, 0.25) is 0 Å². The summed E-state index contributed by atoms with van der Waals surface area (Å²) in [5.74, 6) is 0. The van der Waals surface area contributed by atoms with Crippen LogP contribution in [0.3, 0.4) is 0 Å². The summed E-state index contributed by atoms with van der Waals surface area (Å²) in [4.78, 5) is 5.22. The van der Waals surface area contributed by atoms with Crippen molar-refractivity contribution in [2.45, 2.75) is 25.8 Å². The van der Waals surface area contributed by atoms with Crippen LogP contribution >= 0.6 is 0 Å². The molecule has 2 rings (SSSR count). The molecular formula is C11H16N2O. The van der Waals surface area contributed by atoms with Crippen LogP contribution in [0.25, 0.3) is 0 Å². The summed E-state index contributed by atoms with van der Waals surface area (Å²) in [5.41, 5.74) is 12.3. The summed E-state index contributed by atoms with van der Waals surface area (Å²) in [6, 6.07) is 6.44. The standard InChI is InChI=1S/C11H16N2O/c1-2-14-13-11-6-3-8-7-9(12)4-5-10(8)11/h4-5,7,11,13H,2-3,6,12H2,1H3. The lowest BCUT2D eigenvalue weighted by Gasteiger charge is -2.12. The van der Waals surface area contributed by atoms with Gasteiger partial charge in [-0.2, -0.15) is 5.48 Å². The number of hydrogen-bond acceptors (Lipinski definition) is 3. The number of nitrogens with two attached hydrogens (primary N) is 1. The third-order valence-electron chi connectivity index (χ3n) is 2.61. The molecule has 0 heterocycles. The van der Waals surface area contributed by atoms with Gasteiger partial charge in [-0.3, -0.25) is 0 Å². The number of hydrogen-bond donors (Lipinski definition) is 2. The predicted molar refractivity (Wildman–Crippen MR) is 56.7 cm³/mol. The molecule has 3 nitrogen and oxygen atoms in total. The van der Waals surface area contributed by atoms with Gasteiger partial charge in [-0.05, 0) is 43.0 Å². The van der Waals surface area contributed by atoms with E-state index >= 15 is 0 Å². The van der Waals surface area contributed by atoms with Crippen molar-refractivity contribution in [3.05, 3.63) is 29.3 Å². The zero-order valence-electron chi connectivity index (χ0n) is 8.42. The number of aryl methyl sites for hydroxylation is 1. The van der Waals surface area contributed by atoms with Gasteiger partial charge in [0.25, 0.3) is 0 Å². The Morgan fingerprint density at radius 3 is 3.21 bits per heavy atom. The molecule has 0 aliphatic heterocycles. The van der Waals surface area contributed by atoms with Crippen molar-refractivity contribution < 1.29 is 4.84 Å². The second-order valence-corrected chi connectivity index (χ2v) is 3.60. The van der Waals surface area contributed by atoms with E-state index in [1.54, 1.807) is 0 Å². The van der Waals surface area contributed by atoms with Crippen LogP contribution in [-0.2, 0) is 11.3 Å². The molecule has 1 aromatic rings. The molecule has 76 valence electrons. The van der Waals surface area contributed by atoms with E-state index in [1.165, 1.54) is 11.1 Å². The van der Waals surface area contributed by atoms with E-state index in [0.717, 1.165) is 18.5 Å². The quantitative estimate of drug-likeness (QED) is 0.567. The molecule has 14 heavy (non-hydrogen) atoms. The van der Waals surface area contributed by atoms with Gasteiger partial charge in [0, 0.05) is 5.69 Å². The first-order valence-corrected chi connectivity index (χ1v) is 5.07. The number of nitrogens with one attached hydrogen (secondary N) is 1. The molecule has 3 N–H and O–H groups in total. The van der Waals surface area contributed by atoms with E-state index in [9.17, 15) is 0 Å². The van der Waals surface area contributed by atoms with Crippen LogP contribution in [0.15, 0.2) is 18.2 Å². The lowest BCUT2D eigenvalue weighted by atomic mass is 10.1. The lowest BCUT2D eigenvalue weighted by molar-refractivity contribution is 0.0244. The Labute approximate surface area is 84.2 Å². The number of hydroxylamine groups is 1. The van der Waals surface area contributed by atoms with Crippen LogP contribution in [0.2, 0.25) is 0 Å². The average Bonchev–Trinajstić information content (AvgIpc) is 2.57. The molecule has 0 saturated carbocycles. The highest BCUT2D eigenvalue weighted by Gasteiger charge is 2.21. The van der Waals surface area contributed by atoms with Crippen LogP contribution in [0.1, 0.15) is 30.5 Å². The summed E-state index contributed by atoms with van der Waals surface area (Å²) in [6.45, 7) is 2.67. The molecule has 0 amide bonds. The maximum atomic E-state index is 5.72. The Kier molecular flexibility index (Phi) is 2.70. The Morgan fingerprint density at radius 1 is 1.57 bits per heavy atom. The Hall–Kier alpha value is -1.06. The summed E-state index contributed by atoms with van der Waals surface area (Å²) in [7, 11) is 0. The molecule has 0 spiro atoms. The van der Waals surface area contributed by atoms with Crippen molar-refractivity contribution in [3.8, 4) is 0 Å². The van der Waals surface area contributed by atoms with E-state index in [0.29, 0.717) is 12.6 Å². The van der Waals surface area contributed by atoms with E-state index < -0.39 is 0 Å². The maximum Gasteiger partial charge on any atom is 0.0654 e. The highest BCUT2D eigenvalue weighted by atomic mass is 16.6. The smallest absolute Gasteiger partial charge is 0.0654 e. The second kappa shape index (κ2) is 3.98. The van der Waals surface area contributed by atoms with Crippen molar-refractivity contribution in [1.29, 1.82) is 0 Å². The molecule has 1 atom stereocenters. The van der Waals surface area contributed by atoms with Crippen molar-refractivity contribution >= 4 is 5.69 Å². The highest BCUT2D eigenvalue weighted by Crippen LogP contribution is 2.32. The van der Waals surface area contributed by atoms with Crippen molar-refractivity contribution in [2.75, 3.05) is 12.3 Å². The SMILES string of the molecule is CCONC1CCc2cc(N)ccc21. The maximum absolute atomic E-state index is 5.72. The van der Waals surface area contributed by atoms with E-state index in [4.69, 9.17) is 10.6 Å². The summed E-state index contributed by atoms with van der Waals surface area (Å²) < 4.78 is 0. The zero-order chi connectivity index (χ0) is 9.97. The number of rotatable bonds is 3. The van der Waals surface area contributed by atoms with Gasteiger partial charge in [-0.15, -0.1) is 0 Å². The average molecular weight is 192 g/mol. The minimum atomic E-state index is 0.338. The van der Waals surface area contributed by atoms with Gasteiger partial charge in [0.15, 0.2) is 0 Å². The van der Waals surface area contributed by atoms with Crippen molar-refractivity contribution in [3.63, 3.8) is 0 Å². The van der Waals surface area contributed by atoms with Gasteiger partial charge in [-0.1, -0.05) is 6.07 Å². The second-order valence-electron chi connectivity index (χ2n) is 3.60. The van der Waals surface area contributed by atoms with Gasteiger partial charge < -0.3 is 10.6 Å². The van der Waals surface area contributed by atoms with Crippen LogP contribution < -0.4 is 11.2 Å². The Balaban J connectivity index is 2.14. The molecule has 0 fully saturated rings. The molecule has 3 heteroatoms. The normalized spacial score (nSPS) is 19.6. The summed E-state index contributed by atoms with van der Waals surface area (Å²) in [5, 5.41) is 0. The zero-order valence-corrected chi connectivity index (χ0v) is 8.42. The van der Waals surface area contributed by atoms with Gasteiger partial charge in [0.05, 0.1) is 12.6 Å². The molecule has 0 saturated heterocycles. The minimum absolute atomic E-state index is 0.338.